The van der Waals surface area contributed by atoms with Gasteiger partial charge in [-0.3, -0.25) is 5.32 Å². The van der Waals surface area contributed by atoms with E-state index in [9.17, 15) is 10.1 Å². The maximum atomic E-state index is 12.1. The van der Waals surface area contributed by atoms with Crippen molar-refractivity contribution >= 4 is 22.4 Å². The molecule has 0 radical (unpaired) electrons. The van der Waals surface area contributed by atoms with Gasteiger partial charge in [-0.2, -0.15) is 5.26 Å². The van der Waals surface area contributed by atoms with Crippen molar-refractivity contribution in [3.05, 3.63) is 16.0 Å². The van der Waals surface area contributed by atoms with Gasteiger partial charge in [0.05, 0.1) is 5.56 Å². The summed E-state index contributed by atoms with van der Waals surface area (Å²) in [6.07, 6.45) is 1.02. The van der Waals surface area contributed by atoms with E-state index in [1.54, 1.807) is 0 Å². The smallest absolute Gasteiger partial charge is 0.319 e. The summed E-state index contributed by atoms with van der Waals surface area (Å²) in [6.45, 7) is 8.79. The molecule has 0 spiro atoms. The van der Waals surface area contributed by atoms with Gasteiger partial charge < -0.3 is 10.2 Å². The molecule has 0 unspecified atom stereocenters. The second-order valence-electron chi connectivity index (χ2n) is 6.18. The van der Waals surface area contributed by atoms with E-state index in [1.165, 1.54) is 11.3 Å². The number of urea groups is 1. The summed E-state index contributed by atoms with van der Waals surface area (Å²) in [5, 5.41) is 15.5. The first-order chi connectivity index (χ1) is 10.3. The van der Waals surface area contributed by atoms with Crippen LogP contribution in [0.25, 0.3) is 0 Å². The maximum absolute atomic E-state index is 12.1. The first-order valence-electron chi connectivity index (χ1n) is 7.47. The quantitative estimate of drug-likeness (QED) is 0.844. The minimum absolute atomic E-state index is 0.256. The molecule has 0 aliphatic heterocycles. The molecule has 0 aliphatic carbocycles. The number of aryl methyl sites for hydroxylation is 1. The van der Waals surface area contributed by atoms with Gasteiger partial charge in [-0.1, -0.05) is 13.8 Å². The Morgan fingerprint density at radius 1 is 1.36 bits per heavy atom. The van der Waals surface area contributed by atoms with E-state index in [-0.39, 0.29) is 6.03 Å². The Morgan fingerprint density at radius 3 is 2.50 bits per heavy atom. The van der Waals surface area contributed by atoms with E-state index < -0.39 is 0 Å². The van der Waals surface area contributed by atoms with Crippen LogP contribution in [0.3, 0.4) is 0 Å². The fourth-order valence-electron chi connectivity index (χ4n) is 2.23. The molecule has 0 bridgehead atoms. The van der Waals surface area contributed by atoms with Gasteiger partial charge in [0, 0.05) is 17.5 Å². The van der Waals surface area contributed by atoms with E-state index in [4.69, 9.17) is 0 Å². The molecule has 2 N–H and O–H groups in total. The number of nitrogens with zero attached hydrogens (tertiary/aromatic N) is 2. The summed E-state index contributed by atoms with van der Waals surface area (Å²) >= 11 is 1.44. The van der Waals surface area contributed by atoms with Crippen molar-refractivity contribution in [3.63, 3.8) is 0 Å². The Kier molecular flexibility index (Phi) is 6.85. The molecule has 0 aromatic carbocycles. The number of nitriles is 1. The predicted molar refractivity (Wildman–Crippen MR) is 92.5 cm³/mol. The van der Waals surface area contributed by atoms with Crippen molar-refractivity contribution in [1.82, 2.24) is 10.2 Å². The van der Waals surface area contributed by atoms with Gasteiger partial charge in [-0.25, -0.2) is 4.79 Å². The number of hydrogen-bond acceptors (Lipinski definition) is 4. The molecule has 0 saturated carbocycles. The number of hydrogen-bond donors (Lipinski definition) is 2. The summed E-state index contributed by atoms with van der Waals surface area (Å²) in [6, 6.07) is 2.20. The molecule has 1 aromatic rings. The van der Waals surface area contributed by atoms with Crippen LogP contribution in [-0.4, -0.2) is 37.6 Å². The molecule has 22 heavy (non-hydrogen) atoms. The summed E-state index contributed by atoms with van der Waals surface area (Å²) < 4.78 is 0. The number of thiophene rings is 1. The van der Waals surface area contributed by atoms with Crippen LogP contribution in [0.15, 0.2) is 0 Å². The third-order valence-electron chi connectivity index (χ3n) is 3.70. The van der Waals surface area contributed by atoms with Crippen LogP contribution < -0.4 is 10.6 Å². The lowest BCUT2D eigenvalue weighted by Crippen LogP contribution is -2.42. The first kappa shape index (κ1) is 18.5. The zero-order chi connectivity index (χ0) is 16.9. The van der Waals surface area contributed by atoms with Crippen molar-refractivity contribution < 1.29 is 4.79 Å². The Labute approximate surface area is 137 Å². The van der Waals surface area contributed by atoms with Crippen molar-refractivity contribution in [2.45, 2.75) is 40.2 Å². The summed E-state index contributed by atoms with van der Waals surface area (Å²) in [5.74, 6) is 0.574. The monoisotopic (exact) mass is 322 g/mol. The molecule has 5 nitrogen and oxygen atoms in total. The van der Waals surface area contributed by atoms with Crippen molar-refractivity contribution in [2.75, 3.05) is 26.0 Å². The van der Waals surface area contributed by atoms with E-state index in [0.717, 1.165) is 16.9 Å². The van der Waals surface area contributed by atoms with Gasteiger partial charge in [0.2, 0.25) is 0 Å². The van der Waals surface area contributed by atoms with E-state index in [2.05, 4.69) is 35.5 Å². The number of carbonyl (C=O) groups excluding carboxylic acids is 1. The van der Waals surface area contributed by atoms with Crippen LogP contribution >= 0.6 is 11.3 Å². The predicted octanol–water partition coefficient (Wildman–Crippen LogP) is 3.33. The molecule has 1 aromatic heterocycles. The summed E-state index contributed by atoms with van der Waals surface area (Å²) in [7, 11) is 4.04. The number of carbonyl (C=O) groups is 1. The van der Waals surface area contributed by atoms with Gasteiger partial charge in [0.25, 0.3) is 0 Å². The fourth-order valence-corrected chi connectivity index (χ4v) is 3.23. The average Bonchev–Trinajstić information content (AvgIpc) is 2.68. The molecule has 0 saturated heterocycles. The van der Waals surface area contributed by atoms with Crippen LogP contribution in [0.4, 0.5) is 9.80 Å². The van der Waals surface area contributed by atoms with Crippen LogP contribution in [0.1, 0.15) is 36.3 Å². The molecule has 1 atom stereocenters. The molecular formula is C16H26N4OS. The third-order valence-corrected chi connectivity index (χ3v) is 4.82. The van der Waals surface area contributed by atoms with Crippen LogP contribution in [0, 0.1) is 31.1 Å². The minimum atomic E-state index is -0.256. The van der Waals surface area contributed by atoms with E-state index in [0.29, 0.717) is 29.1 Å². The van der Waals surface area contributed by atoms with Crippen LogP contribution in [-0.2, 0) is 0 Å². The molecule has 1 rings (SSSR count). The largest absolute Gasteiger partial charge is 0.336 e. The van der Waals surface area contributed by atoms with Crippen molar-refractivity contribution in [2.24, 2.45) is 5.92 Å². The van der Waals surface area contributed by atoms with Gasteiger partial charge in [-0.15, -0.1) is 11.3 Å². The highest BCUT2D eigenvalue weighted by Gasteiger charge is 2.17. The molecule has 0 fully saturated rings. The standard InChI is InChI=1S/C16H26N4OS/c1-10(2)7-13(20(5)6)9-18-16(21)19-15-14(8-17)11(3)12(4)22-15/h10,13H,7,9H2,1-6H3,(H2,18,19,21)/t13-/m1/s1. The minimum Gasteiger partial charge on any atom is -0.336 e. The Morgan fingerprint density at radius 2 is 2.00 bits per heavy atom. The zero-order valence-corrected chi connectivity index (χ0v) is 15.1. The highest BCUT2D eigenvalue weighted by atomic mass is 32.1. The number of rotatable bonds is 6. The molecule has 122 valence electrons. The first-order valence-corrected chi connectivity index (χ1v) is 8.29. The Balaban J connectivity index is 2.63. The zero-order valence-electron chi connectivity index (χ0n) is 14.3. The van der Waals surface area contributed by atoms with Crippen molar-refractivity contribution in [1.29, 1.82) is 5.26 Å². The average molecular weight is 322 g/mol. The number of likely N-dealkylation sites (N-methyl/N-ethyl adjacent to an activating group) is 1. The number of nitrogens with one attached hydrogen (secondary N) is 2. The van der Waals surface area contributed by atoms with Gasteiger partial charge in [-0.05, 0) is 45.8 Å². The highest BCUT2D eigenvalue weighted by Crippen LogP contribution is 2.31. The molecular weight excluding hydrogens is 296 g/mol. The van der Waals surface area contributed by atoms with Crippen LogP contribution in [0.2, 0.25) is 0 Å². The van der Waals surface area contributed by atoms with Gasteiger partial charge in [0.15, 0.2) is 0 Å². The second kappa shape index (κ2) is 8.16. The molecule has 2 amide bonds. The normalized spacial score (nSPS) is 12.3. The lowest BCUT2D eigenvalue weighted by molar-refractivity contribution is 0.231. The number of amides is 2. The maximum Gasteiger partial charge on any atom is 0.319 e. The summed E-state index contributed by atoms with van der Waals surface area (Å²) in [4.78, 5) is 15.2. The fraction of sp³-hybridized carbons (Fsp3) is 0.625. The van der Waals surface area contributed by atoms with Crippen LogP contribution in [0.5, 0.6) is 0 Å². The summed E-state index contributed by atoms with van der Waals surface area (Å²) in [5.41, 5.74) is 1.50. The lowest BCUT2D eigenvalue weighted by atomic mass is 10.0. The Bertz CT molecular complexity index is 557. The van der Waals surface area contributed by atoms with Gasteiger partial charge >= 0.3 is 6.03 Å². The number of anilines is 1. The third kappa shape index (κ3) is 5.00. The van der Waals surface area contributed by atoms with E-state index >= 15 is 0 Å². The Hall–Kier alpha value is -1.58. The SMILES string of the molecule is Cc1sc(NC(=O)NC[C@@H](CC(C)C)N(C)C)c(C#N)c1C. The highest BCUT2D eigenvalue weighted by molar-refractivity contribution is 7.16. The molecule has 0 aliphatic rings. The second-order valence-corrected chi connectivity index (χ2v) is 7.41. The topological polar surface area (TPSA) is 68.2 Å². The lowest BCUT2D eigenvalue weighted by Gasteiger charge is -2.26. The van der Waals surface area contributed by atoms with Crippen molar-refractivity contribution in [3.8, 4) is 6.07 Å². The van der Waals surface area contributed by atoms with Gasteiger partial charge in [0.1, 0.15) is 11.1 Å². The molecule has 1 heterocycles. The van der Waals surface area contributed by atoms with E-state index in [1.807, 2.05) is 27.9 Å². The molecule has 6 heteroatoms.